The topological polar surface area (TPSA) is 75.7 Å². The second kappa shape index (κ2) is 10.8. The van der Waals surface area contributed by atoms with Crippen LogP contribution in [0.4, 0.5) is 4.39 Å². The minimum atomic E-state index is -3.72. The van der Waals surface area contributed by atoms with E-state index in [0.29, 0.717) is 20.3 Å². The van der Waals surface area contributed by atoms with Crippen LogP contribution in [0.3, 0.4) is 0 Å². The predicted octanol–water partition coefficient (Wildman–Crippen LogP) is 5.71. The highest BCUT2D eigenvalue weighted by Crippen LogP contribution is 2.30. The van der Waals surface area contributed by atoms with Gasteiger partial charge >= 0.3 is 0 Å². The molecule has 1 amide bonds. The lowest BCUT2D eigenvalue weighted by molar-refractivity contribution is 0.0783. The predicted molar refractivity (Wildman–Crippen MR) is 131 cm³/mol. The number of rotatable bonds is 8. The minimum absolute atomic E-state index is 0.00116. The first-order valence-electron chi connectivity index (χ1n) is 9.88. The van der Waals surface area contributed by atoms with Gasteiger partial charge in [0.25, 0.3) is 5.91 Å². The Balaban J connectivity index is 1.85. The van der Waals surface area contributed by atoms with Crippen molar-refractivity contribution < 1.29 is 22.3 Å². The first kappa shape index (κ1) is 25.4. The lowest BCUT2D eigenvalue weighted by Gasteiger charge is -2.20. The van der Waals surface area contributed by atoms with Crippen molar-refractivity contribution in [2.45, 2.75) is 18.4 Å². The number of hydrogen-bond donors (Lipinski definition) is 1. The van der Waals surface area contributed by atoms with Crippen LogP contribution in [0.5, 0.6) is 11.5 Å². The molecule has 3 aromatic rings. The molecule has 0 saturated carbocycles. The quantitative estimate of drug-likeness (QED) is 0.360. The SMILES string of the molecule is CCNS(=O)(=O)c1ccc(Br)c(C(=O)N(C)Cc2ccccc2Oc2ccc(Br)cc2F)c1. The van der Waals surface area contributed by atoms with Crippen molar-refractivity contribution in [1.29, 1.82) is 0 Å². The van der Waals surface area contributed by atoms with Gasteiger partial charge in [0.15, 0.2) is 11.6 Å². The van der Waals surface area contributed by atoms with Crippen LogP contribution >= 0.6 is 31.9 Å². The van der Waals surface area contributed by atoms with E-state index < -0.39 is 15.8 Å². The van der Waals surface area contributed by atoms with E-state index in [1.807, 2.05) is 0 Å². The van der Waals surface area contributed by atoms with E-state index in [9.17, 15) is 17.6 Å². The summed E-state index contributed by atoms with van der Waals surface area (Å²) in [4.78, 5) is 14.6. The first-order valence-corrected chi connectivity index (χ1v) is 12.9. The third kappa shape index (κ3) is 6.20. The number of amides is 1. The van der Waals surface area contributed by atoms with Crippen LogP contribution in [0, 0.1) is 5.82 Å². The highest BCUT2D eigenvalue weighted by molar-refractivity contribution is 9.10. The molecule has 0 bridgehead atoms. The van der Waals surface area contributed by atoms with Gasteiger partial charge in [-0.3, -0.25) is 4.79 Å². The average molecular weight is 600 g/mol. The fraction of sp³-hybridized carbons (Fsp3) is 0.174. The van der Waals surface area contributed by atoms with Crippen LogP contribution in [-0.4, -0.2) is 32.8 Å². The summed E-state index contributed by atoms with van der Waals surface area (Å²) in [5, 5.41) is 0. The largest absolute Gasteiger partial charge is 0.454 e. The Hall–Kier alpha value is -2.27. The lowest BCUT2D eigenvalue weighted by Crippen LogP contribution is -2.28. The van der Waals surface area contributed by atoms with Crippen molar-refractivity contribution >= 4 is 47.8 Å². The van der Waals surface area contributed by atoms with Crippen LogP contribution < -0.4 is 9.46 Å². The molecule has 0 heterocycles. The molecule has 0 aliphatic rings. The third-order valence-corrected chi connectivity index (χ3v) is 7.38. The molecular weight excluding hydrogens is 579 g/mol. The minimum Gasteiger partial charge on any atom is -0.454 e. The molecule has 10 heteroatoms. The molecule has 0 aromatic heterocycles. The average Bonchev–Trinajstić information content (AvgIpc) is 2.76. The van der Waals surface area contributed by atoms with Crippen molar-refractivity contribution in [2.24, 2.45) is 0 Å². The number of carbonyl (C=O) groups is 1. The number of nitrogens with zero attached hydrogens (tertiary/aromatic N) is 1. The molecule has 0 radical (unpaired) electrons. The molecule has 0 fully saturated rings. The molecule has 0 atom stereocenters. The summed E-state index contributed by atoms with van der Waals surface area (Å²) in [6.07, 6.45) is 0. The number of carbonyl (C=O) groups excluding carboxylic acids is 1. The molecular formula is C23H21Br2FN2O4S. The van der Waals surface area contributed by atoms with Gasteiger partial charge < -0.3 is 9.64 Å². The normalized spacial score (nSPS) is 11.3. The second-order valence-corrected chi connectivity index (χ2v) is 10.6. The van der Waals surface area contributed by atoms with Crippen LogP contribution in [-0.2, 0) is 16.6 Å². The Morgan fingerprint density at radius 2 is 1.79 bits per heavy atom. The smallest absolute Gasteiger partial charge is 0.255 e. The van der Waals surface area contributed by atoms with Crippen molar-refractivity contribution in [3.8, 4) is 11.5 Å². The Morgan fingerprint density at radius 1 is 1.06 bits per heavy atom. The first-order chi connectivity index (χ1) is 15.6. The molecule has 3 aromatic carbocycles. The van der Waals surface area contributed by atoms with Crippen LogP contribution in [0.25, 0.3) is 0 Å². The van der Waals surface area contributed by atoms with E-state index in [4.69, 9.17) is 4.74 Å². The second-order valence-electron chi connectivity index (χ2n) is 7.09. The fourth-order valence-corrected chi connectivity index (χ4v) is 4.87. The Bertz CT molecular complexity index is 1290. The van der Waals surface area contributed by atoms with Crippen molar-refractivity contribution in [1.82, 2.24) is 9.62 Å². The zero-order valence-corrected chi connectivity index (χ0v) is 21.8. The monoisotopic (exact) mass is 598 g/mol. The van der Waals surface area contributed by atoms with Gasteiger partial charge in [-0.2, -0.15) is 0 Å². The van der Waals surface area contributed by atoms with E-state index in [-0.39, 0.29) is 35.2 Å². The standard InChI is InChI=1S/C23H21Br2FN2O4S/c1-3-27-33(30,31)17-9-10-19(25)18(13-17)23(29)28(2)14-15-6-4-5-7-21(15)32-22-11-8-16(24)12-20(22)26/h4-13,27H,3,14H2,1-2H3. The lowest BCUT2D eigenvalue weighted by atomic mass is 10.1. The highest BCUT2D eigenvalue weighted by atomic mass is 79.9. The number of sulfonamides is 1. The number of ether oxygens (including phenoxy) is 1. The molecule has 0 spiro atoms. The molecule has 0 unspecified atom stereocenters. The summed E-state index contributed by atoms with van der Waals surface area (Å²) in [6, 6.07) is 15.8. The summed E-state index contributed by atoms with van der Waals surface area (Å²) >= 11 is 6.54. The van der Waals surface area contributed by atoms with Gasteiger partial charge in [-0.25, -0.2) is 17.5 Å². The Labute approximate surface area is 209 Å². The maximum absolute atomic E-state index is 14.2. The van der Waals surface area contributed by atoms with E-state index in [1.54, 1.807) is 44.3 Å². The molecule has 0 aliphatic carbocycles. The van der Waals surface area contributed by atoms with Gasteiger partial charge in [-0.05, 0) is 58.4 Å². The molecule has 0 aliphatic heterocycles. The Morgan fingerprint density at radius 3 is 2.48 bits per heavy atom. The van der Waals surface area contributed by atoms with Gasteiger partial charge in [-0.15, -0.1) is 0 Å². The highest BCUT2D eigenvalue weighted by Gasteiger charge is 2.21. The van der Waals surface area contributed by atoms with Crippen molar-refractivity contribution in [3.63, 3.8) is 0 Å². The number of benzene rings is 3. The maximum Gasteiger partial charge on any atom is 0.255 e. The summed E-state index contributed by atoms with van der Waals surface area (Å²) in [5.41, 5.74) is 0.858. The van der Waals surface area contributed by atoms with Crippen LogP contribution in [0.2, 0.25) is 0 Å². The molecule has 1 N–H and O–H groups in total. The Kier molecular flexibility index (Phi) is 8.28. The van der Waals surface area contributed by atoms with Crippen LogP contribution in [0.15, 0.2) is 74.5 Å². The summed E-state index contributed by atoms with van der Waals surface area (Å²) in [7, 11) is -2.12. The van der Waals surface area contributed by atoms with Gasteiger partial charge in [0.05, 0.1) is 10.5 Å². The molecule has 33 heavy (non-hydrogen) atoms. The van der Waals surface area contributed by atoms with Gasteiger partial charge in [0, 0.05) is 34.6 Å². The van der Waals surface area contributed by atoms with Crippen molar-refractivity contribution in [2.75, 3.05) is 13.6 Å². The zero-order chi connectivity index (χ0) is 24.2. The zero-order valence-electron chi connectivity index (χ0n) is 17.8. The van der Waals surface area contributed by atoms with Gasteiger partial charge in [0.2, 0.25) is 10.0 Å². The molecule has 6 nitrogen and oxygen atoms in total. The summed E-state index contributed by atoms with van der Waals surface area (Å²) < 4.78 is 48.2. The van der Waals surface area contributed by atoms with E-state index in [0.717, 1.165) is 0 Å². The third-order valence-electron chi connectivity index (χ3n) is 4.65. The van der Waals surface area contributed by atoms with E-state index in [2.05, 4.69) is 36.6 Å². The number of nitrogens with one attached hydrogen (secondary N) is 1. The molecule has 3 rings (SSSR count). The van der Waals surface area contributed by atoms with Gasteiger partial charge in [0.1, 0.15) is 5.75 Å². The summed E-state index contributed by atoms with van der Waals surface area (Å²) in [5.74, 6) is -0.448. The van der Waals surface area contributed by atoms with Gasteiger partial charge in [-0.1, -0.05) is 41.1 Å². The molecule has 174 valence electrons. The summed E-state index contributed by atoms with van der Waals surface area (Å²) in [6.45, 7) is 2.07. The van der Waals surface area contributed by atoms with E-state index >= 15 is 0 Å². The fourth-order valence-electron chi connectivity index (χ4n) is 3.05. The van der Waals surface area contributed by atoms with E-state index in [1.165, 1.54) is 35.2 Å². The van der Waals surface area contributed by atoms with Crippen molar-refractivity contribution in [3.05, 3.63) is 86.6 Å². The number of para-hydroxylation sites is 1. The van der Waals surface area contributed by atoms with Crippen LogP contribution in [0.1, 0.15) is 22.8 Å². The number of hydrogen-bond acceptors (Lipinski definition) is 4. The number of halogens is 3. The maximum atomic E-state index is 14.2. The molecule has 0 saturated heterocycles.